The van der Waals surface area contributed by atoms with Gasteiger partial charge in [0.1, 0.15) is 0 Å². The minimum absolute atomic E-state index is 0.00703. The van der Waals surface area contributed by atoms with Gasteiger partial charge in [-0.2, -0.15) is 0 Å². The van der Waals surface area contributed by atoms with Crippen molar-refractivity contribution in [2.24, 2.45) is 11.8 Å². The van der Waals surface area contributed by atoms with Gasteiger partial charge in [-0.1, -0.05) is 23.8 Å². The minimum Gasteiger partial charge on any atom is -0.356 e. The fourth-order valence-electron chi connectivity index (χ4n) is 4.71. The van der Waals surface area contributed by atoms with Gasteiger partial charge in [0.2, 0.25) is 17.7 Å². The van der Waals surface area contributed by atoms with E-state index in [9.17, 15) is 14.4 Å². The highest BCUT2D eigenvalue weighted by atomic mass is 32.1. The molecule has 164 valence electrons. The van der Waals surface area contributed by atoms with Gasteiger partial charge in [0.05, 0.1) is 12.0 Å². The molecule has 2 aromatic rings. The summed E-state index contributed by atoms with van der Waals surface area (Å²) >= 11 is 1.59. The number of hydrogen-bond acceptors (Lipinski definition) is 4. The number of anilines is 1. The standard InChI is InChI=1S/C24H29N3O3S/c1-16-7-9-19(10-8-16)27-22(29)13-20(23(27)21-6-4-12-31-21)24(30)26-11-3-5-18(15-26)14-25-17(2)28/h4,6-10,12,18,20,23H,3,5,11,13-15H2,1-2H3,(H,25,28). The second-order valence-corrected chi connectivity index (χ2v) is 9.58. The van der Waals surface area contributed by atoms with E-state index in [1.165, 1.54) is 6.92 Å². The number of nitrogens with one attached hydrogen (secondary N) is 1. The fraction of sp³-hybridized carbons (Fsp3) is 0.458. The summed E-state index contributed by atoms with van der Waals surface area (Å²) in [7, 11) is 0. The summed E-state index contributed by atoms with van der Waals surface area (Å²) in [6.07, 6.45) is 2.14. The molecule has 2 aliphatic heterocycles. The molecule has 2 aliphatic rings. The lowest BCUT2D eigenvalue weighted by molar-refractivity contribution is -0.138. The van der Waals surface area contributed by atoms with Crippen molar-refractivity contribution < 1.29 is 14.4 Å². The topological polar surface area (TPSA) is 69.7 Å². The van der Waals surface area contributed by atoms with Crippen molar-refractivity contribution in [3.05, 3.63) is 52.2 Å². The van der Waals surface area contributed by atoms with Crippen LogP contribution in [0.5, 0.6) is 0 Å². The first kappa shape index (κ1) is 21.6. The number of aryl methyl sites for hydroxylation is 1. The van der Waals surface area contributed by atoms with Gasteiger partial charge in [-0.05, 0) is 49.3 Å². The van der Waals surface area contributed by atoms with Crippen LogP contribution in [0.3, 0.4) is 0 Å². The van der Waals surface area contributed by atoms with E-state index >= 15 is 0 Å². The number of likely N-dealkylation sites (tertiary alicyclic amines) is 1. The number of amides is 3. The average molecular weight is 440 g/mol. The predicted molar refractivity (Wildman–Crippen MR) is 122 cm³/mol. The molecule has 0 radical (unpaired) electrons. The van der Waals surface area contributed by atoms with E-state index in [1.807, 2.05) is 58.5 Å². The first-order chi connectivity index (χ1) is 14.9. The lowest BCUT2D eigenvalue weighted by Crippen LogP contribution is -2.46. The SMILES string of the molecule is CC(=O)NCC1CCCN(C(=O)C2CC(=O)N(c3ccc(C)cc3)C2c2cccs2)C1. The van der Waals surface area contributed by atoms with E-state index in [0.717, 1.165) is 29.0 Å². The molecule has 0 bridgehead atoms. The molecular formula is C24H29N3O3S. The van der Waals surface area contributed by atoms with Gasteiger partial charge in [-0.25, -0.2) is 0 Å². The molecule has 2 fully saturated rings. The lowest BCUT2D eigenvalue weighted by Gasteiger charge is -2.36. The van der Waals surface area contributed by atoms with Crippen LogP contribution in [-0.4, -0.2) is 42.3 Å². The molecule has 31 heavy (non-hydrogen) atoms. The van der Waals surface area contributed by atoms with Crippen molar-refractivity contribution in [3.8, 4) is 0 Å². The number of benzene rings is 1. The van der Waals surface area contributed by atoms with Gasteiger partial charge in [0.15, 0.2) is 0 Å². The van der Waals surface area contributed by atoms with Gasteiger partial charge >= 0.3 is 0 Å². The summed E-state index contributed by atoms with van der Waals surface area (Å²) in [4.78, 5) is 42.8. The van der Waals surface area contributed by atoms with E-state index in [4.69, 9.17) is 0 Å². The van der Waals surface area contributed by atoms with Crippen molar-refractivity contribution in [2.45, 2.75) is 39.2 Å². The monoisotopic (exact) mass is 439 g/mol. The van der Waals surface area contributed by atoms with Gasteiger partial charge < -0.3 is 15.1 Å². The number of nitrogens with zero attached hydrogens (tertiary/aromatic N) is 2. The molecule has 4 rings (SSSR count). The smallest absolute Gasteiger partial charge is 0.228 e. The van der Waals surface area contributed by atoms with Crippen LogP contribution in [0, 0.1) is 18.8 Å². The largest absolute Gasteiger partial charge is 0.356 e. The number of thiophene rings is 1. The molecule has 3 unspecified atom stereocenters. The second kappa shape index (κ2) is 9.22. The lowest BCUT2D eigenvalue weighted by atomic mass is 9.93. The zero-order valence-corrected chi connectivity index (χ0v) is 18.9. The van der Waals surface area contributed by atoms with Crippen LogP contribution in [0.2, 0.25) is 0 Å². The molecule has 1 aromatic heterocycles. The summed E-state index contributed by atoms with van der Waals surface area (Å²) in [6, 6.07) is 11.6. The van der Waals surface area contributed by atoms with E-state index < -0.39 is 5.92 Å². The third-order valence-electron chi connectivity index (χ3n) is 6.26. The summed E-state index contributed by atoms with van der Waals surface area (Å²) in [6.45, 7) is 5.47. The third kappa shape index (κ3) is 4.66. The highest BCUT2D eigenvalue weighted by Gasteiger charge is 2.47. The average Bonchev–Trinajstić information content (AvgIpc) is 3.40. The van der Waals surface area contributed by atoms with Crippen LogP contribution in [0.25, 0.3) is 0 Å². The van der Waals surface area contributed by atoms with Crippen LogP contribution >= 0.6 is 11.3 Å². The second-order valence-electron chi connectivity index (χ2n) is 8.60. The number of carbonyl (C=O) groups is 3. The number of rotatable bonds is 5. The molecule has 2 saturated heterocycles. The van der Waals surface area contributed by atoms with Crippen molar-refractivity contribution in [2.75, 3.05) is 24.5 Å². The molecule has 1 N–H and O–H groups in total. The Bertz CT molecular complexity index is 941. The molecular weight excluding hydrogens is 410 g/mol. The van der Waals surface area contributed by atoms with Crippen LogP contribution in [0.4, 0.5) is 5.69 Å². The molecule has 6 nitrogen and oxygen atoms in total. The predicted octanol–water partition coefficient (Wildman–Crippen LogP) is 3.53. The molecule has 7 heteroatoms. The Morgan fingerprint density at radius 1 is 1.19 bits per heavy atom. The maximum atomic E-state index is 13.6. The molecule has 0 aliphatic carbocycles. The first-order valence-electron chi connectivity index (χ1n) is 10.9. The molecule has 0 saturated carbocycles. The van der Waals surface area contributed by atoms with Crippen molar-refractivity contribution >= 4 is 34.7 Å². The summed E-state index contributed by atoms with van der Waals surface area (Å²) in [5, 5.41) is 4.88. The highest BCUT2D eigenvalue weighted by molar-refractivity contribution is 7.10. The Kier molecular flexibility index (Phi) is 6.41. The van der Waals surface area contributed by atoms with Crippen molar-refractivity contribution in [3.63, 3.8) is 0 Å². The van der Waals surface area contributed by atoms with Crippen LogP contribution in [-0.2, 0) is 14.4 Å². The fourth-order valence-corrected chi connectivity index (χ4v) is 5.59. The maximum absolute atomic E-state index is 13.6. The minimum atomic E-state index is -0.396. The van der Waals surface area contributed by atoms with Crippen molar-refractivity contribution in [1.29, 1.82) is 0 Å². The molecule has 1 aromatic carbocycles. The summed E-state index contributed by atoms with van der Waals surface area (Å²) < 4.78 is 0. The van der Waals surface area contributed by atoms with E-state index in [0.29, 0.717) is 19.6 Å². The first-order valence-corrected chi connectivity index (χ1v) is 11.8. The maximum Gasteiger partial charge on any atom is 0.228 e. The highest BCUT2D eigenvalue weighted by Crippen LogP contribution is 2.44. The molecule has 0 spiro atoms. The summed E-state index contributed by atoms with van der Waals surface area (Å²) in [5.41, 5.74) is 1.97. The Hall–Kier alpha value is -2.67. The number of hydrogen-bond donors (Lipinski definition) is 1. The Morgan fingerprint density at radius 3 is 2.65 bits per heavy atom. The normalized spacial score (nSPS) is 23.8. The van der Waals surface area contributed by atoms with Crippen LogP contribution < -0.4 is 10.2 Å². The molecule has 3 atom stereocenters. The summed E-state index contributed by atoms with van der Waals surface area (Å²) in [5.74, 6) is -0.142. The quantitative estimate of drug-likeness (QED) is 0.775. The van der Waals surface area contributed by atoms with E-state index in [2.05, 4.69) is 5.32 Å². The Labute approximate surface area is 187 Å². The van der Waals surface area contributed by atoms with Gasteiger partial charge in [0, 0.05) is 43.5 Å². The Balaban J connectivity index is 1.57. The van der Waals surface area contributed by atoms with Crippen LogP contribution in [0.15, 0.2) is 41.8 Å². The zero-order valence-electron chi connectivity index (χ0n) is 18.0. The Morgan fingerprint density at radius 2 is 1.97 bits per heavy atom. The van der Waals surface area contributed by atoms with Gasteiger partial charge in [-0.15, -0.1) is 11.3 Å². The van der Waals surface area contributed by atoms with Crippen molar-refractivity contribution in [1.82, 2.24) is 10.2 Å². The van der Waals surface area contributed by atoms with E-state index in [1.54, 1.807) is 11.3 Å². The molecule has 3 amide bonds. The number of carbonyl (C=O) groups excluding carboxylic acids is 3. The van der Waals surface area contributed by atoms with E-state index in [-0.39, 0.29) is 36.1 Å². The molecule has 3 heterocycles. The van der Waals surface area contributed by atoms with Gasteiger partial charge in [0.25, 0.3) is 0 Å². The zero-order chi connectivity index (χ0) is 22.0. The number of piperidine rings is 1. The van der Waals surface area contributed by atoms with Gasteiger partial charge in [-0.3, -0.25) is 14.4 Å². The third-order valence-corrected chi connectivity index (χ3v) is 7.20. The van der Waals surface area contributed by atoms with Crippen LogP contribution in [0.1, 0.15) is 42.7 Å².